The van der Waals surface area contributed by atoms with E-state index in [0.29, 0.717) is 24.2 Å². The van der Waals surface area contributed by atoms with E-state index in [0.717, 1.165) is 50.9 Å². The van der Waals surface area contributed by atoms with Gasteiger partial charge in [0.2, 0.25) is 5.91 Å². The van der Waals surface area contributed by atoms with E-state index in [1.54, 1.807) is 0 Å². The first-order valence-electron chi connectivity index (χ1n) is 13.2. The number of nitrogens with one attached hydrogen (secondary N) is 2. The molecular formula is C29H41N3O2. The van der Waals surface area contributed by atoms with Gasteiger partial charge in [-0.15, -0.1) is 0 Å². The van der Waals surface area contributed by atoms with Crippen LogP contribution in [0.1, 0.15) is 87.1 Å². The van der Waals surface area contributed by atoms with Crippen LogP contribution in [0, 0.1) is 0 Å². The van der Waals surface area contributed by atoms with E-state index < -0.39 is 0 Å². The summed E-state index contributed by atoms with van der Waals surface area (Å²) in [5.74, 6) is -0.0566. The summed E-state index contributed by atoms with van der Waals surface area (Å²) >= 11 is 0. The van der Waals surface area contributed by atoms with Crippen molar-refractivity contribution < 1.29 is 9.59 Å². The second-order valence-electron chi connectivity index (χ2n) is 9.34. The highest BCUT2D eigenvalue weighted by Crippen LogP contribution is 2.28. The zero-order chi connectivity index (χ0) is 24.0. The molecule has 0 spiro atoms. The third kappa shape index (κ3) is 8.51. The highest BCUT2D eigenvalue weighted by molar-refractivity contribution is 6.02. The smallest absolute Gasteiger partial charge is 0.253 e. The number of benzene rings is 2. The van der Waals surface area contributed by atoms with E-state index in [2.05, 4.69) is 34.6 Å². The maximum atomic E-state index is 13.1. The Balaban J connectivity index is 1.55. The molecule has 2 aromatic rings. The molecule has 2 N–H and O–H groups in total. The van der Waals surface area contributed by atoms with Gasteiger partial charge in [-0.05, 0) is 49.4 Å². The van der Waals surface area contributed by atoms with E-state index in [1.165, 1.54) is 37.7 Å². The van der Waals surface area contributed by atoms with Gasteiger partial charge in [0.05, 0.1) is 5.56 Å². The lowest BCUT2D eigenvalue weighted by molar-refractivity contribution is -0.116. The Morgan fingerprint density at radius 1 is 0.882 bits per heavy atom. The van der Waals surface area contributed by atoms with E-state index >= 15 is 0 Å². The Hall–Kier alpha value is -2.82. The number of unbranched alkanes of at least 4 members (excludes halogenated alkanes) is 6. The zero-order valence-electron chi connectivity index (χ0n) is 20.8. The number of anilines is 2. The van der Waals surface area contributed by atoms with Crippen LogP contribution in [0.2, 0.25) is 0 Å². The normalized spacial score (nSPS) is 13.1. The van der Waals surface area contributed by atoms with Crippen molar-refractivity contribution >= 4 is 23.2 Å². The maximum Gasteiger partial charge on any atom is 0.253 e. The molecule has 0 atom stereocenters. The molecule has 1 aliphatic rings. The topological polar surface area (TPSA) is 61.4 Å². The summed E-state index contributed by atoms with van der Waals surface area (Å²) in [5.41, 5.74) is 3.50. The third-order valence-corrected chi connectivity index (χ3v) is 6.52. The number of carbonyl (C=O) groups excluding carboxylic acids is 2. The summed E-state index contributed by atoms with van der Waals surface area (Å²) < 4.78 is 0. The van der Waals surface area contributed by atoms with Crippen LogP contribution < -0.4 is 15.5 Å². The van der Waals surface area contributed by atoms with Gasteiger partial charge < -0.3 is 15.5 Å². The molecule has 0 aliphatic carbocycles. The van der Waals surface area contributed by atoms with Crippen LogP contribution in [0.3, 0.4) is 0 Å². The van der Waals surface area contributed by atoms with Crippen LogP contribution >= 0.6 is 0 Å². The average Bonchev–Trinajstić information content (AvgIpc) is 3.39. The highest BCUT2D eigenvalue weighted by Gasteiger charge is 2.20. The summed E-state index contributed by atoms with van der Waals surface area (Å²) in [4.78, 5) is 27.9. The van der Waals surface area contributed by atoms with Crippen molar-refractivity contribution in [3.63, 3.8) is 0 Å². The number of hydrogen-bond acceptors (Lipinski definition) is 3. The molecule has 2 aromatic carbocycles. The summed E-state index contributed by atoms with van der Waals surface area (Å²) in [6, 6.07) is 15.9. The molecule has 0 unspecified atom stereocenters. The summed E-state index contributed by atoms with van der Waals surface area (Å²) in [7, 11) is 0. The quantitative estimate of drug-likeness (QED) is 0.321. The Morgan fingerprint density at radius 2 is 1.59 bits per heavy atom. The van der Waals surface area contributed by atoms with Gasteiger partial charge in [-0.1, -0.05) is 75.8 Å². The molecule has 1 saturated heterocycles. The lowest BCUT2D eigenvalue weighted by atomic mass is 10.1. The molecule has 5 nitrogen and oxygen atoms in total. The minimum atomic E-state index is -0.0824. The fraction of sp³-hybridized carbons (Fsp3) is 0.517. The Labute approximate surface area is 205 Å². The van der Waals surface area contributed by atoms with Gasteiger partial charge in [-0.2, -0.15) is 0 Å². The molecular weight excluding hydrogens is 422 g/mol. The van der Waals surface area contributed by atoms with Crippen LogP contribution in [0.4, 0.5) is 11.4 Å². The number of hydrogen-bond donors (Lipinski definition) is 2. The second kappa shape index (κ2) is 14.4. The van der Waals surface area contributed by atoms with Crippen LogP contribution in [-0.2, 0) is 11.2 Å². The van der Waals surface area contributed by atoms with E-state index in [-0.39, 0.29) is 11.8 Å². The van der Waals surface area contributed by atoms with Crippen molar-refractivity contribution in [3.8, 4) is 0 Å². The van der Waals surface area contributed by atoms with Gasteiger partial charge in [0, 0.05) is 37.4 Å². The van der Waals surface area contributed by atoms with E-state index in [4.69, 9.17) is 0 Å². The first kappa shape index (κ1) is 25.8. The molecule has 34 heavy (non-hydrogen) atoms. The largest absolute Gasteiger partial charge is 0.371 e. The molecule has 5 heteroatoms. The molecule has 1 fully saturated rings. The maximum absolute atomic E-state index is 13.1. The highest BCUT2D eigenvalue weighted by atomic mass is 16.2. The van der Waals surface area contributed by atoms with Crippen LogP contribution in [0.15, 0.2) is 48.5 Å². The number of amides is 2. The van der Waals surface area contributed by atoms with Gasteiger partial charge in [0.1, 0.15) is 0 Å². The Kier molecular flexibility index (Phi) is 11.0. The predicted octanol–water partition coefficient (Wildman–Crippen LogP) is 6.34. The van der Waals surface area contributed by atoms with Crippen molar-refractivity contribution in [3.05, 3.63) is 59.7 Å². The fourth-order valence-electron chi connectivity index (χ4n) is 4.56. The molecule has 3 rings (SSSR count). The molecule has 0 aromatic heterocycles. The second-order valence-corrected chi connectivity index (χ2v) is 9.34. The van der Waals surface area contributed by atoms with Crippen LogP contribution in [0.5, 0.6) is 0 Å². The minimum absolute atomic E-state index is 0.0258. The molecule has 1 heterocycles. The summed E-state index contributed by atoms with van der Waals surface area (Å²) in [6.45, 7) is 4.74. The Morgan fingerprint density at radius 3 is 2.32 bits per heavy atom. The van der Waals surface area contributed by atoms with Gasteiger partial charge in [-0.25, -0.2) is 0 Å². The Bertz CT molecular complexity index is 892. The number of rotatable bonds is 14. The fourth-order valence-corrected chi connectivity index (χ4v) is 4.56. The van der Waals surface area contributed by atoms with Gasteiger partial charge in [-0.3, -0.25) is 9.59 Å². The molecule has 0 saturated carbocycles. The lowest BCUT2D eigenvalue weighted by Gasteiger charge is -2.22. The third-order valence-electron chi connectivity index (χ3n) is 6.52. The zero-order valence-corrected chi connectivity index (χ0v) is 20.8. The van der Waals surface area contributed by atoms with Crippen molar-refractivity contribution in [1.29, 1.82) is 0 Å². The van der Waals surface area contributed by atoms with Crippen molar-refractivity contribution in [2.75, 3.05) is 29.9 Å². The van der Waals surface area contributed by atoms with Gasteiger partial charge in [0.25, 0.3) is 5.91 Å². The average molecular weight is 464 g/mol. The lowest BCUT2D eigenvalue weighted by Crippen LogP contribution is -2.29. The van der Waals surface area contributed by atoms with Gasteiger partial charge in [0.15, 0.2) is 0 Å². The summed E-state index contributed by atoms with van der Waals surface area (Å²) in [6.07, 6.45) is 11.9. The molecule has 0 radical (unpaired) electrons. The summed E-state index contributed by atoms with van der Waals surface area (Å²) in [5, 5.41) is 6.09. The van der Waals surface area contributed by atoms with Crippen LogP contribution in [-0.4, -0.2) is 31.4 Å². The van der Waals surface area contributed by atoms with Crippen molar-refractivity contribution in [2.45, 2.75) is 77.6 Å². The predicted molar refractivity (Wildman–Crippen MR) is 142 cm³/mol. The molecule has 0 bridgehead atoms. The number of nitrogens with zero attached hydrogens (tertiary/aromatic N) is 1. The minimum Gasteiger partial charge on any atom is -0.371 e. The van der Waals surface area contributed by atoms with Gasteiger partial charge >= 0.3 is 0 Å². The first-order chi connectivity index (χ1) is 16.7. The SMILES string of the molecule is CCCCCCCCCC(=O)Nc1ccc(N2CCCC2)c(C(=O)NCCc2ccccc2)c1. The number of carbonyl (C=O) groups is 2. The van der Waals surface area contributed by atoms with E-state index in [1.807, 2.05) is 36.4 Å². The van der Waals surface area contributed by atoms with E-state index in [9.17, 15) is 9.59 Å². The molecule has 184 valence electrons. The molecule has 2 amide bonds. The standard InChI is InChI=1S/C29H41N3O2/c1-2-3-4-5-6-7-11-16-28(33)31-25-17-18-27(32-21-12-13-22-32)26(23-25)29(34)30-20-19-24-14-9-8-10-15-24/h8-10,14-15,17-18,23H,2-7,11-13,16,19-22H2,1H3,(H,30,34)(H,31,33). The first-order valence-corrected chi connectivity index (χ1v) is 13.2. The molecule has 1 aliphatic heterocycles. The van der Waals surface area contributed by atoms with Crippen LogP contribution in [0.25, 0.3) is 0 Å². The van der Waals surface area contributed by atoms with Crippen molar-refractivity contribution in [2.24, 2.45) is 0 Å². The monoisotopic (exact) mass is 463 g/mol. The van der Waals surface area contributed by atoms with Crippen molar-refractivity contribution in [1.82, 2.24) is 5.32 Å².